The van der Waals surface area contributed by atoms with Crippen molar-refractivity contribution < 1.29 is 9.72 Å². The van der Waals surface area contributed by atoms with E-state index in [1.54, 1.807) is 35.1 Å². The van der Waals surface area contributed by atoms with Gasteiger partial charge in [0.05, 0.1) is 21.7 Å². The number of pyridine rings is 1. The zero-order valence-electron chi connectivity index (χ0n) is 17.3. The number of anilines is 1. The number of amides is 1. The predicted molar refractivity (Wildman–Crippen MR) is 128 cm³/mol. The van der Waals surface area contributed by atoms with Crippen LogP contribution in [0.1, 0.15) is 17.5 Å². The molecule has 2 heterocycles. The van der Waals surface area contributed by atoms with Crippen LogP contribution in [0.3, 0.4) is 0 Å². The Hall–Kier alpha value is -3.30. The van der Waals surface area contributed by atoms with Crippen molar-refractivity contribution in [2.45, 2.75) is 24.8 Å². The Morgan fingerprint density at radius 3 is 2.72 bits per heavy atom. The molecule has 0 saturated heterocycles. The Kier molecular flexibility index (Phi) is 6.77. The van der Waals surface area contributed by atoms with Gasteiger partial charge in [0.1, 0.15) is 0 Å². The molecule has 0 aliphatic heterocycles. The molecular formula is C23H20N4O3S2. The number of thiazole rings is 1. The summed E-state index contributed by atoms with van der Waals surface area (Å²) >= 11 is 2.91. The monoisotopic (exact) mass is 464 g/mol. The van der Waals surface area contributed by atoms with Crippen LogP contribution in [-0.2, 0) is 11.3 Å². The van der Waals surface area contributed by atoms with Crippen LogP contribution in [0.2, 0.25) is 0 Å². The third kappa shape index (κ3) is 5.30. The minimum absolute atomic E-state index is 0.00679. The van der Waals surface area contributed by atoms with Gasteiger partial charge in [-0.3, -0.25) is 24.8 Å². The zero-order valence-corrected chi connectivity index (χ0v) is 18.9. The Labute approximate surface area is 193 Å². The number of aromatic nitrogens is 2. The van der Waals surface area contributed by atoms with Gasteiger partial charge in [-0.2, -0.15) is 0 Å². The number of nitro groups is 1. The molecule has 0 radical (unpaired) electrons. The van der Waals surface area contributed by atoms with Gasteiger partial charge in [0.15, 0.2) is 5.13 Å². The summed E-state index contributed by atoms with van der Waals surface area (Å²) in [6, 6.07) is 16.5. The van der Waals surface area contributed by atoms with Crippen molar-refractivity contribution in [1.82, 2.24) is 9.97 Å². The van der Waals surface area contributed by atoms with Crippen molar-refractivity contribution in [3.8, 4) is 0 Å². The molecule has 0 N–H and O–H groups in total. The van der Waals surface area contributed by atoms with E-state index >= 15 is 0 Å². The molecule has 7 nitrogen and oxygen atoms in total. The van der Waals surface area contributed by atoms with Crippen LogP contribution in [0.5, 0.6) is 0 Å². The molecule has 0 spiro atoms. The fraction of sp³-hybridized carbons (Fsp3) is 0.174. The van der Waals surface area contributed by atoms with E-state index in [0.717, 1.165) is 10.5 Å². The number of rotatable bonds is 8. The van der Waals surface area contributed by atoms with Gasteiger partial charge in [-0.25, -0.2) is 4.98 Å². The summed E-state index contributed by atoms with van der Waals surface area (Å²) in [5.74, 6) is 0.587. The highest BCUT2D eigenvalue weighted by molar-refractivity contribution is 7.99. The van der Waals surface area contributed by atoms with Crippen molar-refractivity contribution in [3.63, 3.8) is 0 Å². The van der Waals surface area contributed by atoms with Gasteiger partial charge in [0.2, 0.25) is 5.91 Å². The van der Waals surface area contributed by atoms with Gasteiger partial charge in [0, 0.05) is 41.6 Å². The second kappa shape index (κ2) is 9.88. The van der Waals surface area contributed by atoms with Crippen molar-refractivity contribution in [2.24, 2.45) is 0 Å². The maximum atomic E-state index is 13.2. The van der Waals surface area contributed by atoms with Crippen LogP contribution >= 0.6 is 23.1 Å². The number of carbonyl (C=O) groups excluding carboxylic acids is 1. The topological polar surface area (TPSA) is 89.2 Å². The maximum absolute atomic E-state index is 13.2. The van der Waals surface area contributed by atoms with Gasteiger partial charge in [0.25, 0.3) is 5.69 Å². The average Bonchev–Trinajstić information content (AvgIpc) is 3.22. The Morgan fingerprint density at radius 2 is 2.00 bits per heavy atom. The summed E-state index contributed by atoms with van der Waals surface area (Å²) in [5.41, 5.74) is 2.72. The highest BCUT2D eigenvalue weighted by atomic mass is 32.2. The van der Waals surface area contributed by atoms with Gasteiger partial charge < -0.3 is 0 Å². The molecule has 0 bridgehead atoms. The molecule has 2 aromatic carbocycles. The minimum Gasteiger partial charge on any atom is -0.284 e. The number of fused-ring (bicyclic) bond motifs is 1. The zero-order chi connectivity index (χ0) is 22.5. The summed E-state index contributed by atoms with van der Waals surface area (Å²) < 4.78 is 0.673. The van der Waals surface area contributed by atoms with E-state index in [9.17, 15) is 14.9 Å². The van der Waals surface area contributed by atoms with Crippen molar-refractivity contribution >= 4 is 50.0 Å². The smallest absolute Gasteiger partial charge is 0.270 e. The van der Waals surface area contributed by atoms with Gasteiger partial charge >= 0.3 is 0 Å². The standard InChI is InChI=1S/C23H20N4O3S2/c1-16-4-7-19(8-5-16)31-12-10-22(28)26(15-17-3-2-11-24-14-17)23-25-20-9-6-18(27(29)30)13-21(20)32-23/h2-9,11,13-14H,10,12,15H2,1H3. The third-order valence-corrected chi connectivity index (χ3v) is 6.83. The van der Waals surface area contributed by atoms with E-state index < -0.39 is 4.92 Å². The number of nitrogens with zero attached hydrogens (tertiary/aromatic N) is 4. The van der Waals surface area contributed by atoms with Crippen LogP contribution in [0, 0.1) is 17.0 Å². The lowest BCUT2D eigenvalue weighted by Gasteiger charge is -2.20. The lowest BCUT2D eigenvalue weighted by molar-refractivity contribution is -0.384. The van der Waals surface area contributed by atoms with Gasteiger partial charge in [-0.15, -0.1) is 11.8 Å². The molecule has 162 valence electrons. The number of thioether (sulfide) groups is 1. The molecule has 0 aliphatic rings. The number of hydrogen-bond acceptors (Lipinski definition) is 7. The predicted octanol–water partition coefficient (Wildman–Crippen LogP) is 5.62. The van der Waals surface area contributed by atoms with Crippen LogP contribution in [-0.4, -0.2) is 26.6 Å². The van der Waals surface area contributed by atoms with Crippen LogP contribution < -0.4 is 4.90 Å². The number of nitro benzene ring substituents is 1. The number of non-ortho nitro benzene ring substituents is 1. The molecule has 4 rings (SSSR count). The normalized spacial score (nSPS) is 10.9. The molecule has 32 heavy (non-hydrogen) atoms. The molecule has 2 aromatic heterocycles. The molecule has 4 aromatic rings. The van der Waals surface area contributed by atoms with E-state index in [1.165, 1.54) is 29.0 Å². The number of carbonyl (C=O) groups is 1. The van der Waals surface area contributed by atoms with Crippen molar-refractivity contribution in [3.05, 3.63) is 88.2 Å². The first kappa shape index (κ1) is 21.9. The minimum atomic E-state index is -0.431. The van der Waals surface area contributed by atoms with Crippen LogP contribution in [0.25, 0.3) is 10.2 Å². The summed E-state index contributed by atoms with van der Waals surface area (Å²) in [5, 5.41) is 11.6. The van der Waals surface area contributed by atoms with Gasteiger partial charge in [-0.1, -0.05) is 35.1 Å². The lowest BCUT2D eigenvalue weighted by Crippen LogP contribution is -2.30. The molecule has 0 unspecified atom stereocenters. The summed E-state index contributed by atoms with van der Waals surface area (Å²) in [6.45, 7) is 2.38. The van der Waals surface area contributed by atoms with Crippen molar-refractivity contribution in [1.29, 1.82) is 0 Å². The molecule has 9 heteroatoms. The van der Waals surface area contributed by atoms with E-state index in [1.807, 2.05) is 19.1 Å². The number of aryl methyl sites for hydroxylation is 1. The molecule has 0 aliphatic carbocycles. The summed E-state index contributed by atoms with van der Waals surface area (Å²) in [6.07, 6.45) is 3.75. The Morgan fingerprint density at radius 1 is 1.19 bits per heavy atom. The fourth-order valence-electron chi connectivity index (χ4n) is 3.09. The largest absolute Gasteiger partial charge is 0.284 e. The Bertz CT molecular complexity index is 1240. The Balaban J connectivity index is 1.55. The van der Waals surface area contributed by atoms with E-state index in [-0.39, 0.29) is 11.6 Å². The lowest BCUT2D eigenvalue weighted by atomic mass is 10.2. The number of benzene rings is 2. The van der Waals surface area contributed by atoms with E-state index in [2.05, 4.69) is 34.2 Å². The van der Waals surface area contributed by atoms with Gasteiger partial charge in [-0.05, 0) is 36.8 Å². The molecular weight excluding hydrogens is 444 g/mol. The quantitative estimate of drug-likeness (QED) is 0.191. The maximum Gasteiger partial charge on any atom is 0.270 e. The first-order valence-electron chi connectivity index (χ1n) is 9.93. The highest BCUT2D eigenvalue weighted by Gasteiger charge is 2.21. The van der Waals surface area contributed by atoms with Crippen LogP contribution in [0.15, 0.2) is 71.9 Å². The first-order chi connectivity index (χ1) is 15.5. The SMILES string of the molecule is Cc1ccc(SCCC(=O)N(Cc2cccnc2)c2nc3ccc([N+](=O)[O-])cc3s2)cc1. The van der Waals surface area contributed by atoms with E-state index in [4.69, 9.17) is 0 Å². The first-order valence-corrected chi connectivity index (χ1v) is 11.7. The number of hydrogen-bond donors (Lipinski definition) is 0. The summed E-state index contributed by atoms with van der Waals surface area (Å²) in [7, 11) is 0. The molecule has 1 amide bonds. The molecule has 0 saturated carbocycles. The molecule has 0 atom stereocenters. The van der Waals surface area contributed by atoms with E-state index in [0.29, 0.717) is 34.1 Å². The third-order valence-electron chi connectivity index (χ3n) is 4.77. The second-order valence-corrected chi connectivity index (χ2v) is 9.34. The average molecular weight is 465 g/mol. The molecule has 0 fully saturated rings. The van der Waals surface area contributed by atoms with Crippen LogP contribution in [0.4, 0.5) is 10.8 Å². The summed E-state index contributed by atoms with van der Waals surface area (Å²) in [4.78, 5) is 35.4. The second-order valence-electron chi connectivity index (χ2n) is 7.16. The van der Waals surface area contributed by atoms with Crippen molar-refractivity contribution in [2.75, 3.05) is 10.7 Å². The highest BCUT2D eigenvalue weighted by Crippen LogP contribution is 2.33. The fourth-order valence-corrected chi connectivity index (χ4v) is 4.95.